The number of hydrogen-bond acceptors (Lipinski definition) is 9. The van der Waals surface area contributed by atoms with E-state index in [0.717, 1.165) is 5.75 Å². The first kappa shape index (κ1) is 20.7. The molecule has 5 N–H and O–H groups in total. The van der Waals surface area contributed by atoms with Gasteiger partial charge in [-0.05, 0) is 25.0 Å². The average Bonchev–Trinajstić information content (AvgIpc) is 3.20. The lowest BCUT2D eigenvalue weighted by Gasteiger charge is -2.33. The monoisotopic (exact) mass is 418 g/mol. The molecule has 11 heteroatoms. The standard InChI is InChI=1S/C16H26N4O5S2/c1-3-25-16(24)20-11(21)8-4-5-26-14(8)19-13(23)10-7(2)9-12(22)17-6-18-15(9)27-10/h7-10,12,14-15,17-18,22H,3-6H2,1-2H3,(H,19,23)(H,20,21,24). The lowest BCUT2D eigenvalue weighted by molar-refractivity contribution is -0.125. The van der Waals surface area contributed by atoms with Gasteiger partial charge >= 0.3 is 6.09 Å². The van der Waals surface area contributed by atoms with Gasteiger partial charge < -0.3 is 15.2 Å². The lowest BCUT2D eigenvalue weighted by atomic mass is 9.88. The van der Waals surface area contributed by atoms with Crippen molar-refractivity contribution in [3.05, 3.63) is 0 Å². The van der Waals surface area contributed by atoms with E-state index in [1.54, 1.807) is 6.92 Å². The molecule has 3 heterocycles. The number of ether oxygens (including phenoxy) is 1. The van der Waals surface area contributed by atoms with Crippen LogP contribution in [0.15, 0.2) is 0 Å². The van der Waals surface area contributed by atoms with Crippen molar-refractivity contribution in [1.82, 2.24) is 21.3 Å². The summed E-state index contributed by atoms with van der Waals surface area (Å²) in [7, 11) is 0. The molecule has 0 saturated carbocycles. The minimum Gasteiger partial charge on any atom is -0.450 e. The Bertz CT molecular complexity index is 595. The molecule has 0 radical (unpaired) electrons. The Morgan fingerprint density at radius 3 is 2.74 bits per heavy atom. The first-order valence-electron chi connectivity index (χ1n) is 9.12. The number of fused-ring (bicyclic) bond motifs is 1. The summed E-state index contributed by atoms with van der Waals surface area (Å²) in [5.41, 5.74) is 0. The van der Waals surface area contributed by atoms with Crippen molar-refractivity contribution < 1.29 is 24.2 Å². The Kier molecular flexibility index (Phi) is 6.90. The molecule has 7 atom stereocenters. The highest BCUT2D eigenvalue weighted by molar-refractivity contribution is 8.01. The third-order valence-electron chi connectivity index (χ3n) is 5.18. The van der Waals surface area contributed by atoms with E-state index in [9.17, 15) is 19.5 Å². The zero-order valence-electron chi connectivity index (χ0n) is 15.3. The number of rotatable bonds is 4. The van der Waals surface area contributed by atoms with Gasteiger partial charge in [0, 0.05) is 12.6 Å². The van der Waals surface area contributed by atoms with Gasteiger partial charge in [-0.2, -0.15) is 0 Å². The summed E-state index contributed by atoms with van der Waals surface area (Å²) < 4.78 is 4.74. The lowest BCUT2D eigenvalue weighted by Crippen LogP contribution is -2.56. The average molecular weight is 419 g/mol. The second-order valence-electron chi connectivity index (χ2n) is 6.85. The van der Waals surface area contributed by atoms with Crippen molar-refractivity contribution in [2.24, 2.45) is 17.8 Å². The molecule has 0 spiro atoms. The van der Waals surface area contributed by atoms with Crippen LogP contribution in [0.5, 0.6) is 0 Å². The predicted octanol–water partition coefficient (Wildman–Crippen LogP) is -0.383. The third-order valence-corrected chi connectivity index (χ3v) is 8.17. The van der Waals surface area contributed by atoms with Crippen LogP contribution in [0, 0.1) is 17.8 Å². The van der Waals surface area contributed by atoms with Crippen LogP contribution in [0.25, 0.3) is 0 Å². The number of hydrogen-bond donors (Lipinski definition) is 5. The first-order valence-corrected chi connectivity index (χ1v) is 11.1. The zero-order chi connectivity index (χ0) is 19.6. The molecule has 3 aliphatic rings. The maximum absolute atomic E-state index is 12.9. The molecule has 0 aromatic rings. The van der Waals surface area contributed by atoms with E-state index in [0.29, 0.717) is 13.1 Å². The summed E-state index contributed by atoms with van der Waals surface area (Å²) in [5, 5.41) is 21.0. The maximum Gasteiger partial charge on any atom is 0.413 e. The number of aliphatic hydroxyl groups excluding tert-OH is 1. The summed E-state index contributed by atoms with van der Waals surface area (Å²) in [4.78, 5) is 36.7. The third kappa shape index (κ3) is 4.53. The molecular weight excluding hydrogens is 392 g/mol. The van der Waals surface area contributed by atoms with Crippen LogP contribution < -0.4 is 21.3 Å². The normalized spacial score (nSPS) is 38.1. The topological polar surface area (TPSA) is 129 Å². The number of imide groups is 1. The van der Waals surface area contributed by atoms with Crippen LogP contribution in [0.4, 0.5) is 4.79 Å². The summed E-state index contributed by atoms with van der Waals surface area (Å²) in [6.45, 7) is 4.32. The van der Waals surface area contributed by atoms with E-state index in [1.807, 2.05) is 6.92 Å². The van der Waals surface area contributed by atoms with Gasteiger partial charge in [0.1, 0.15) is 6.23 Å². The van der Waals surface area contributed by atoms with Crippen molar-refractivity contribution in [1.29, 1.82) is 0 Å². The number of nitrogens with one attached hydrogen (secondary N) is 4. The minimum atomic E-state index is -0.763. The quantitative estimate of drug-likeness (QED) is 0.415. The smallest absolute Gasteiger partial charge is 0.413 e. The number of amides is 3. The number of carbonyl (C=O) groups is 3. The van der Waals surface area contributed by atoms with E-state index >= 15 is 0 Å². The molecule has 3 amide bonds. The fraction of sp³-hybridized carbons (Fsp3) is 0.812. The van der Waals surface area contributed by atoms with Crippen LogP contribution >= 0.6 is 23.5 Å². The van der Waals surface area contributed by atoms with Crippen LogP contribution in [-0.4, -0.2) is 64.3 Å². The van der Waals surface area contributed by atoms with Crippen molar-refractivity contribution in [3.8, 4) is 0 Å². The predicted molar refractivity (Wildman–Crippen MR) is 103 cm³/mol. The van der Waals surface area contributed by atoms with Crippen LogP contribution in [-0.2, 0) is 14.3 Å². The summed E-state index contributed by atoms with van der Waals surface area (Å²) in [5.74, 6) is -0.380. The minimum absolute atomic E-state index is 0.0196. The highest BCUT2D eigenvalue weighted by atomic mass is 32.2. The molecule has 3 fully saturated rings. The van der Waals surface area contributed by atoms with Crippen molar-refractivity contribution in [3.63, 3.8) is 0 Å². The number of alkyl carbamates (subject to hydrolysis) is 1. The van der Waals surface area contributed by atoms with Crippen LogP contribution in [0.3, 0.4) is 0 Å². The molecule has 3 saturated heterocycles. The Morgan fingerprint density at radius 1 is 1.26 bits per heavy atom. The number of aliphatic hydroxyl groups is 1. The summed E-state index contributed by atoms with van der Waals surface area (Å²) in [6.07, 6.45) is -0.814. The first-order chi connectivity index (χ1) is 12.9. The highest BCUT2D eigenvalue weighted by Crippen LogP contribution is 2.44. The molecule has 9 nitrogen and oxygen atoms in total. The van der Waals surface area contributed by atoms with Gasteiger partial charge in [0.15, 0.2) is 0 Å². The van der Waals surface area contributed by atoms with Gasteiger partial charge in [0.2, 0.25) is 11.8 Å². The Balaban J connectivity index is 1.58. The Morgan fingerprint density at radius 2 is 2.04 bits per heavy atom. The number of carbonyl (C=O) groups excluding carboxylic acids is 3. The van der Waals surface area contributed by atoms with Crippen molar-refractivity contribution in [2.75, 3.05) is 19.0 Å². The van der Waals surface area contributed by atoms with Gasteiger partial charge in [-0.3, -0.25) is 25.5 Å². The van der Waals surface area contributed by atoms with Crippen molar-refractivity contribution in [2.45, 2.75) is 42.5 Å². The Labute approximate surface area is 166 Å². The largest absolute Gasteiger partial charge is 0.450 e. The molecular formula is C16H26N4O5S2. The van der Waals surface area contributed by atoms with Gasteiger partial charge in [-0.25, -0.2) is 4.79 Å². The molecule has 3 rings (SSSR count). The SMILES string of the molecule is CCOC(=O)NC(=O)C1CCSC1NC(=O)C1SC2NCNC(O)C2C1C. The molecule has 3 aliphatic heterocycles. The van der Waals surface area contributed by atoms with Gasteiger partial charge in [-0.1, -0.05) is 6.92 Å². The molecule has 0 aromatic carbocycles. The second-order valence-corrected chi connectivity index (χ2v) is 9.39. The highest BCUT2D eigenvalue weighted by Gasteiger charge is 2.50. The Hall–Kier alpha value is -1.01. The maximum atomic E-state index is 12.9. The fourth-order valence-electron chi connectivity index (χ4n) is 3.77. The molecule has 7 unspecified atom stereocenters. The molecule has 0 aliphatic carbocycles. The van der Waals surface area contributed by atoms with E-state index in [4.69, 9.17) is 4.74 Å². The second kappa shape index (κ2) is 8.99. The van der Waals surface area contributed by atoms with Crippen LogP contribution in [0.2, 0.25) is 0 Å². The zero-order valence-corrected chi connectivity index (χ0v) is 16.9. The van der Waals surface area contributed by atoms with Gasteiger partial charge in [0.25, 0.3) is 0 Å². The summed E-state index contributed by atoms with van der Waals surface area (Å²) in [6, 6.07) is 0. The number of thioether (sulfide) groups is 2. The van der Waals surface area contributed by atoms with Crippen LogP contribution in [0.1, 0.15) is 20.3 Å². The van der Waals surface area contributed by atoms with E-state index in [2.05, 4.69) is 21.3 Å². The van der Waals surface area contributed by atoms with Crippen molar-refractivity contribution >= 4 is 41.4 Å². The van der Waals surface area contributed by atoms with E-state index in [-0.39, 0.29) is 40.3 Å². The van der Waals surface area contributed by atoms with Gasteiger partial charge in [-0.15, -0.1) is 23.5 Å². The summed E-state index contributed by atoms with van der Waals surface area (Å²) >= 11 is 3.02. The molecule has 152 valence electrons. The molecule has 27 heavy (non-hydrogen) atoms. The van der Waals surface area contributed by atoms with E-state index < -0.39 is 24.1 Å². The van der Waals surface area contributed by atoms with E-state index in [1.165, 1.54) is 23.5 Å². The molecule has 0 bridgehead atoms. The molecule has 0 aromatic heterocycles. The fourth-order valence-corrected chi connectivity index (χ4v) is 6.80. The van der Waals surface area contributed by atoms with Gasteiger partial charge in [0.05, 0.1) is 28.5 Å².